The Kier molecular flexibility index (Phi) is 4.98. The molecule has 0 aliphatic carbocycles. The SMILES string of the molecule is CCOC(=O)c1c(NC=C2C(=O)OC(C)(C)OC2=O)sc(C)c1C. The smallest absolute Gasteiger partial charge is 0.350 e. The Morgan fingerprint density at radius 2 is 1.83 bits per heavy atom. The molecule has 0 atom stereocenters. The normalized spacial score (nSPS) is 16.3. The van der Waals surface area contributed by atoms with Gasteiger partial charge in [0, 0.05) is 24.9 Å². The molecule has 0 bridgehead atoms. The maximum atomic E-state index is 12.1. The third-order valence-electron chi connectivity index (χ3n) is 3.33. The van der Waals surface area contributed by atoms with Crippen molar-refractivity contribution >= 4 is 34.2 Å². The molecule has 2 rings (SSSR count). The van der Waals surface area contributed by atoms with Gasteiger partial charge >= 0.3 is 17.9 Å². The predicted molar refractivity (Wildman–Crippen MR) is 87.7 cm³/mol. The lowest BCUT2D eigenvalue weighted by Gasteiger charge is -2.29. The van der Waals surface area contributed by atoms with Crippen molar-refractivity contribution in [3.05, 3.63) is 27.8 Å². The first-order valence-electron chi connectivity index (χ1n) is 7.36. The Balaban J connectivity index is 2.29. The molecular weight excluding hydrogens is 334 g/mol. The number of hydrogen-bond acceptors (Lipinski definition) is 8. The molecule has 1 aromatic rings. The van der Waals surface area contributed by atoms with Crippen LogP contribution in [0.1, 0.15) is 41.6 Å². The molecule has 0 aromatic carbocycles. The highest BCUT2D eigenvalue weighted by Crippen LogP contribution is 2.33. The maximum Gasteiger partial charge on any atom is 0.350 e. The lowest BCUT2D eigenvalue weighted by Crippen LogP contribution is -2.42. The summed E-state index contributed by atoms with van der Waals surface area (Å²) in [6.45, 7) is 8.59. The molecule has 0 spiro atoms. The molecule has 8 heteroatoms. The van der Waals surface area contributed by atoms with E-state index < -0.39 is 23.7 Å². The second-order valence-electron chi connectivity index (χ2n) is 5.59. The molecule has 2 heterocycles. The van der Waals surface area contributed by atoms with Crippen molar-refractivity contribution in [1.82, 2.24) is 0 Å². The van der Waals surface area contributed by atoms with Gasteiger partial charge in [0.15, 0.2) is 5.57 Å². The van der Waals surface area contributed by atoms with Crippen LogP contribution in [0.15, 0.2) is 11.8 Å². The molecule has 1 N–H and O–H groups in total. The van der Waals surface area contributed by atoms with E-state index in [9.17, 15) is 14.4 Å². The number of aryl methyl sites for hydroxylation is 1. The molecule has 1 fully saturated rings. The van der Waals surface area contributed by atoms with Crippen LogP contribution in [-0.4, -0.2) is 30.3 Å². The van der Waals surface area contributed by atoms with Gasteiger partial charge in [-0.1, -0.05) is 0 Å². The van der Waals surface area contributed by atoms with E-state index in [2.05, 4.69) is 5.32 Å². The van der Waals surface area contributed by atoms with Gasteiger partial charge in [-0.15, -0.1) is 11.3 Å². The van der Waals surface area contributed by atoms with E-state index in [1.165, 1.54) is 31.4 Å². The number of thiophene rings is 1. The topological polar surface area (TPSA) is 90.9 Å². The van der Waals surface area contributed by atoms with Gasteiger partial charge in [0.25, 0.3) is 5.79 Å². The number of rotatable bonds is 4. The van der Waals surface area contributed by atoms with Crippen LogP contribution < -0.4 is 5.32 Å². The molecule has 0 saturated carbocycles. The quantitative estimate of drug-likeness (QED) is 0.505. The summed E-state index contributed by atoms with van der Waals surface area (Å²) in [5, 5.41) is 3.31. The lowest BCUT2D eigenvalue weighted by molar-refractivity contribution is -0.222. The van der Waals surface area contributed by atoms with Crippen molar-refractivity contribution in [2.24, 2.45) is 0 Å². The van der Waals surface area contributed by atoms with Crippen LogP contribution in [0.25, 0.3) is 0 Å². The summed E-state index contributed by atoms with van der Waals surface area (Å²) in [6.07, 6.45) is 1.19. The molecule has 0 amide bonds. The van der Waals surface area contributed by atoms with Crippen LogP contribution in [0, 0.1) is 13.8 Å². The first kappa shape index (κ1) is 18.0. The van der Waals surface area contributed by atoms with E-state index >= 15 is 0 Å². The third-order valence-corrected chi connectivity index (χ3v) is 4.47. The van der Waals surface area contributed by atoms with Gasteiger partial charge in [-0.25, -0.2) is 14.4 Å². The highest BCUT2D eigenvalue weighted by molar-refractivity contribution is 7.16. The van der Waals surface area contributed by atoms with Crippen molar-refractivity contribution in [1.29, 1.82) is 0 Å². The zero-order valence-corrected chi connectivity index (χ0v) is 15.0. The van der Waals surface area contributed by atoms with Crippen LogP contribution in [0.4, 0.5) is 5.00 Å². The van der Waals surface area contributed by atoms with E-state index in [1.54, 1.807) is 6.92 Å². The highest BCUT2D eigenvalue weighted by Gasteiger charge is 2.39. The molecule has 0 unspecified atom stereocenters. The van der Waals surface area contributed by atoms with E-state index in [0.29, 0.717) is 10.6 Å². The second kappa shape index (κ2) is 6.64. The zero-order valence-electron chi connectivity index (χ0n) is 14.1. The summed E-state index contributed by atoms with van der Waals surface area (Å²) < 4.78 is 15.1. The van der Waals surface area contributed by atoms with Gasteiger partial charge in [0.2, 0.25) is 0 Å². The minimum Gasteiger partial charge on any atom is -0.462 e. The fourth-order valence-electron chi connectivity index (χ4n) is 2.09. The molecule has 130 valence electrons. The van der Waals surface area contributed by atoms with Crippen LogP contribution in [0.2, 0.25) is 0 Å². The van der Waals surface area contributed by atoms with E-state index in [-0.39, 0.29) is 12.2 Å². The monoisotopic (exact) mass is 353 g/mol. The Morgan fingerprint density at radius 3 is 2.38 bits per heavy atom. The maximum absolute atomic E-state index is 12.1. The van der Waals surface area contributed by atoms with Gasteiger partial charge in [-0.3, -0.25) is 0 Å². The number of nitrogens with one attached hydrogen (secondary N) is 1. The third kappa shape index (κ3) is 3.59. The zero-order chi connectivity index (χ0) is 18.1. The number of carbonyl (C=O) groups excluding carboxylic acids is 3. The Labute approximate surface area is 143 Å². The number of esters is 3. The average molecular weight is 353 g/mol. The molecule has 1 saturated heterocycles. The minimum atomic E-state index is -1.29. The number of carbonyl (C=O) groups is 3. The average Bonchev–Trinajstić information content (AvgIpc) is 2.72. The van der Waals surface area contributed by atoms with Gasteiger partial charge in [0.1, 0.15) is 5.00 Å². The van der Waals surface area contributed by atoms with Gasteiger partial charge in [0.05, 0.1) is 12.2 Å². The Morgan fingerprint density at radius 1 is 1.25 bits per heavy atom. The number of ether oxygens (including phenoxy) is 3. The molecular formula is C16H19NO6S. The van der Waals surface area contributed by atoms with Crippen LogP contribution in [-0.2, 0) is 23.8 Å². The van der Waals surface area contributed by atoms with Crippen molar-refractivity contribution in [2.75, 3.05) is 11.9 Å². The van der Waals surface area contributed by atoms with Gasteiger partial charge in [-0.05, 0) is 26.3 Å². The molecule has 0 radical (unpaired) electrons. The first-order chi connectivity index (χ1) is 11.2. The van der Waals surface area contributed by atoms with Crippen LogP contribution >= 0.6 is 11.3 Å². The summed E-state index contributed by atoms with van der Waals surface area (Å²) in [6, 6.07) is 0. The van der Waals surface area contributed by atoms with E-state index in [4.69, 9.17) is 14.2 Å². The van der Waals surface area contributed by atoms with E-state index in [1.807, 2.05) is 13.8 Å². The minimum absolute atomic E-state index is 0.251. The van der Waals surface area contributed by atoms with Crippen molar-refractivity contribution in [2.45, 2.75) is 40.4 Å². The van der Waals surface area contributed by atoms with Crippen molar-refractivity contribution in [3.8, 4) is 0 Å². The van der Waals surface area contributed by atoms with E-state index in [0.717, 1.165) is 10.4 Å². The van der Waals surface area contributed by atoms with Crippen molar-refractivity contribution < 1.29 is 28.6 Å². The van der Waals surface area contributed by atoms with Gasteiger partial charge in [-0.2, -0.15) is 0 Å². The number of hydrogen-bond donors (Lipinski definition) is 1. The molecule has 7 nitrogen and oxygen atoms in total. The summed E-state index contributed by atoms with van der Waals surface area (Å²) in [7, 11) is 0. The second-order valence-corrected chi connectivity index (χ2v) is 6.81. The summed E-state index contributed by atoms with van der Waals surface area (Å²) in [5.74, 6) is -3.33. The van der Waals surface area contributed by atoms with Gasteiger partial charge < -0.3 is 19.5 Å². The fraction of sp³-hybridized carbons (Fsp3) is 0.438. The standard InChI is InChI=1S/C16H19NO6S/c1-6-21-15(20)11-8(2)9(3)24-12(11)17-7-10-13(18)22-16(4,5)23-14(10)19/h7,17H,6H2,1-5H3. The number of anilines is 1. The van der Waals surface area contributed by atoms with Crippen molar-refractivity contribution in [3.63, 3.8) is 0 Å². The summed E-state index contributed by atoms with van der Waals surface area (Å²) in [4.78, 5) is 36.9. The molecule has 1 aromatic heterocycles. The summed E-state index contributed by atoms with van der Waals surface area (Å²) >= 11 is 1.33. The highest BCUT2D eigenvalue weighted by atomic mass is 32.1. The first-order valence-corrected chi connectivity index (χ1v) is 8.18. The van der Waals surface area contributed by atoms with Crippen LogP contribution in [0.5, 0.6) is 0 Å². The summed E-state index contributed by atoms with van der Waals surface area (Å²) in [5.41, 5.74) is 0.899. The predicted octanol–water partition coefficient (Wildman–Crippen LogP) is 2.67. The fourth-order valence-corrected chi connectivity index (χ4v) is 3.11. The lowest BCUT2D eigenvalue weighted by atomic mass is 10.1. The van der Waals surface area contributed by atoms with Crippen LogP contribution in [0.3, 0.4) is 0 Å². The molecule has 1 aliphatic heterocycles. The molecule has 24 heavy (non-hydrogen) atoms. The number of cyclic esters (lactones) is 2. The Bertz CT molecular complexity index is 709. The largest absolute Gasteiger partial charge is 0.462 e. The Hall–Kier alpha value is -2.35. The molecule has 1 aliphatic rings.